The fourth-order valence-corrected chi connectivity index (χ4v) is 7.86. The Labute approximate surface area is 319 Å². The molecule has 3 amide bonds. The van der Waals surface area contributed by atoms with Crippen molar-refractivity contribution in [3.63, 3.8) is 0 Å². The summed E-state index contributed by atoms with van der Waals surface area (Å²) in [7, 11) is 1.33. The number of methoxy groups -OCH3 is 1. The number of nitro benzene ring substituents is 1. The molecule has 14 heteroatoms. The minimum absolute atomic E-state index is 0.0269. The molecule has 0 unspecified atom stereocenters. The Morgan fingerprint density at radius 1 is 0.926 bits per heavy atom. The van der Waals surface area contributed by atoms with Gasteiger partial charge in [0, 0.05) is 52.8 Å². The van der Waals surface area contributed by atoms with E-state index >= 15 is 0 Å². The van der Waals surface area contributed by atoms with Crippen LogP contribution in [0.1, 0.15) is 42.3 Å². The van der Waals surface area contributed by atoms with Crippen molar-refractivity contribution >= 4 is 69.2 Å². The number of hydrogen-bond donors (Lipinski definition) is 3. The third-order valence-corrected chi connectivity index (χ3v) is 10.6. The molecule has 1 aliphatic heterocycles. The number of non-ortho nitro benzene ring substituents is 1. The number of rotatable bonds is 13. The molecule has 5 aromatic rings. The highest BCUT2D eigenvalue weighted by Crippen LogP contribution is 2.38. The number of hydrogen-bond acceptors (Lipinski definition) is 10. The molecule has 1 aliphatic rings. The number of esters is 1. The van der Waals surface area contributed by atoms with Crippen LogP contribution in [0.2, 0.25) is 0 Å². The van der Waals surface area contributed by atoms with Gasteiger partial charge in [0.1, 0.15) is 10.7 Å². The molecular formula is C40H35N5O7S2. The van der Waals surface area contributed by atoms with Crippen LogP contribution in [0.15, 0.2) is 120 Å². The average Bonchev–Trinajstić information content (AvgIpc) is 3.54. The zero-order chi connectivity index (χ0) is 38.0. The van der Waals surface area contributed by atoms with E-state index in [4.69, 9.17) is 4.74 Å². The maximum absolute atomic E-state index is 13.5. The molecular weight excluding hydrogens is 727 g/mol. The molecule has 2 heterocycles. The zero-order valence-electron chi connectivity index (χ0n) is 29.1. The number of carbonyl (C=O) groups excluding carboxylic acids is 4. The van der Waals surface area contributed by atoms with Gasteiger partial charge in [-0.3, -0.25) is 29.4 Å². The van der Waals surface area contributed by atoms with E-state index in [2.05, 4.69) is 33.0 Å². The smallest absolute Gasteiger partial charge is 0.341 e. The second kappa shape index (κ2) is 17.6. The quantitative estimate of drug-likeness (QED) is 0.0373. The van der Waals surface area contributed by atoms with Crippen LogP contribution in [-0.4, -0.2) is 52.9 Å². The number of nitrogens with one attached hydrogen (secondary N) is 3. The molecule has 274 valence electrons. The van der Waals surface area contributed by atoms with Gasteiger partial charge in [-0.1, -0.05) is 54.6 Å². The summed E-state index contributed by atoms with van der Waals surface area (Å²) >= 11 is 2.64. The summed E-state index contributed by atoms with van der Waals surface area (Å²) in [6.45, 7) is 2.21. The minimum atomic E-state index is -0.628. The van der Waals surface area contributed by atoms with Crippen molar-refractivity contribution in [3.05, 3.63) is 158 Å². The van der Waals surface area contributed by atoms with E-state index in [1.54, 1.807) is 54.6 Å². The van der Waals surface area contributed by atoms with Gasteiger partial charge in [-0.05, 0) is 71.7 Å². The van der Waals surface area contributed by atoms with Gasteiger partial charge in [-0.25, -0.2) is 4.79 Å². The lowest BCUT2D eigenvalue weighted by Crippen LogP contribution is -2.30. The zero-order valence-corrected chi connectivity index (χ0v) is 30.7. The SMILES string of the molecule is COC(=O)c1c(NC(=O)CSc2cccc(NC(=O)/C(=C\c3ccc([N+](=O)[O-])cc3)NC(=O)c3ccccc3)c2)sc2c1CCN(Cc1ccccc1)C2. The van der Waals surface area contributed by atoms with Crippen molar-refractivity contribution < 1.29 is 28.8 Å². The molecule has 54 heavy (non-hydrogen) atoms. The lowest BCUT2D eigenvalue weighted by Gasteiger charge is -2.27. The molecule has 0 spiro atoms. The Bertz CT molecular complexity index is 2210. The fraction of sp³-hybridized carbons (Fsp3) is 0.150. The highest BCUT2D eigenvalue weighted by molar-refractivity contribution is 8.00. The van der Waals surface area contributed by atoms with Crippen LogP contribution >= 0.6 is 23.1 Å². The number of nitro groups is 1. The number of fused-ring (bicyclic) bond motifs is 1. The molecule has 0 bridgehead atoms. The molecule has 6 rings (SSSR count). The Morgan fingerprint density at radius 2 is 1.65 bits per heavy atom. The first kappa shape index (κ1) is 37.7. The molecule has 0 aliphatic carbocycles. The Hall–Kier alpha value is -6.09. The molecule has 12 nitrogen and oxygen atoms in total. The van der Waals surface area contributed by atoms with Crippen LogP contribution in [0, 0.1) is 10.1 Å². The van der Waals surface area contributed by atoms with Crippen molar-refractivity contribution in [2.45, 2.75) is 24.4 Å². The Balaban J connectivity index is 1.12. The highest BCUT2D eigenvalue weighted by Gasteiger charge is 2.29. The second-order valence-electron chi connectivity index (χ2n) is 12.2. The van der Waals surface area contributed by atoms with Crippen molar-refractivity contribution in [2.75, 3.05) is 30.0 Å². The van der Waals surface area contributed by atoms with E-state index in [0.717, 1.165) is 23.5 Å². The van der Waals surface area contributed by atoms with Gasteiger partial charge in [0.25, 0.3) is 17.5 Å². The summed E-state index contributed by atoms with van der Waals surface area (Å²) in [5.74, 6) is -1.91. The van der Waals surface area contributed by atoms with Gasteiger partial charge in [-0.15, -0.1) is 23.1 Å². The first-order valence-electron chi connectivity index (χ1n) is 16.8. The van der Waals surface area contributed by atoms with Crippen molar-refractivity contribution in [1.29, 1.82) is 0 Å². The predicted octanol–water partition coefficient (Wildman–Crippen LogP) is 7.14. The number of ether oxygens (including phenoxy) is 1. The maximum atomic E-state index is 13.5. The van der Waals surface area contributed by atoms with E-state index in [-0.39, 0.29) is 23.0 Å². The summed E-state index contributed by atoms with van der Waals surface area (Å²) in [5.41, 5.74) is 3.52. The number of nitrogens with zero attached hydrogens (tertiary/aromatic N) is 2. The average molecular weight is 762 g/mol. The van der Waals surface area contributed by atoms with Crippen molar-refractivity contribution in [1.82, 2.24) is 10.2 Å². The van der Waals surface area contributed by atoms with Gasteiger partial charge in [0.05, 0.1) is 23.3 Å². The van der Waals surface area contributed by atoms with E-state index in [0.29, 0.717) is 45.2 Å². The van der Waals surface area contributed by atoms with Crippen LogP contribution in [0.3, 0.4) is 0 Å². The van der Waals surface area contributed by atoms with Crippen LogP contribution in [-0.2, 0) is 33.8 Å². The number of anilines is 2. The molecule has 0 radical (unpaired) electrons. The maximum Gasteiger partial charge on any atom is 0.341 e. The minimum Gasteiger partial charge on any atom is -0.465 e. The van der Waals surface area contributed by atoms with Gasteiger partial charge < -0.3 is 20.7 Å². The molecule has 4 aromatic carbocycles. The summed E-state index contributed by atoms with van der Waals surface area (Å²) in [4.78, 5) is 67.2. The molecule has 0 saturated carbocycles. The first-order valence-corrected chi connectivity index (χ1v) is 18.6. The van der Waals surface area contributed by atoms with Crippen molar-refractivity contribution in [2.24, 2.45) is 0 Å². The Kier molecular flexibility index (Phi) is 12.3. The standard InChI is InChI=1S/C40H35N5O7S2/c1-52-40(49)36-32-19-20-44(23-27-9-4-2-5-10-27)24-34(32)54-39(36)43-35(46)25-53-31-14-8-13-29(22-31)41-38(48)33(42-37(47)28-11-6-3-7-12-28)21-26-15-17-30(18-16-26)45(50)51/h2-18,21-22H,19-20,23-25H2,1H3,(H,41,48)(H,42,47)(H,43,46)/b33-21+. The van der Waals surface area contributed by atoms with Crippen LogP contribution in [0.4, 0.5) is 16.4 Å². The van der Waals surface area contributed by atoms with E-state index in [9.17, 15) is 29.3 Å². The monoisotopic (exact) mass is 761 g/mol. The normalized spacial score (nSPS) is 12.6. The highest BCUT2D eigenvalue weighted by atomic mass is 32.2. The number of benzene rings is 4. The van der Waals surface area contributed by atoms with Crippen LogP contribution in [0.25, 0.3) is 6.08 Å². The lowest BCUT2D eigenvalue weighted by atomic mass is 10.0. The fourth-order valence-electron chi connectivity index (χ4n) is 5.81. The third-order valence-electron chi connectivity index (χ3n) is 8.43. The van der Waals surface area contributed by atoms with E-state index in [1.807, 2.05) is 18.2 Å². The molecule has 0 fully saturated rings. The summed E-state index contributed by atoms with van der Waals surface area (Å²) in [6.07, 6.45) is 2.08. The number of amides is 3. The third kappa shape index (κ3) is 9.66. The van der Waals surface area contributed by atoms with E-state index in [1.165, 1.54) is 66.1 Å². The summed E-state index contributed by atoms with van der Waals surface area (Å²) < 4.78 is 5.10. The largest absolute Gasteiger partial charge is 0.465 e. The summed E-state index contributed by atoms with van der Waals surface area (Å²) in [5, 5.41) is 19.9. The lowest BCUT2D eigenvalue weighted by molar-refractivity contribution is -0.384. The Morgan fingerprint density at radius 3 is 2.35 bits per heavy atom. The second-order valence-corrected chi connectivity index (χ2v) is 14.3. The molecule has 1 aromatic heterocycles. The van der Waals surface area contributed by atoms with Crippen LogP contribution < -0.4 is 16.0 Å². The molecule has 3 N–H and O–H groups in total. The predicted molar refractivity (Wildman–Crippen MR) is 209 cm³/mol. The van der Waals surface area contributed by atoms with Gasteiger partial charge >= 0.3 is 5.97 Å². The van der Waals surface area contributed by atoms with Gasteiger partial charge in [0.2, 0.25) is 5.91 Å². The molecule has 0 saturated heterocycles. The van der Waals surface area contributed by atoms with Gasteiger partial charge in [0.15, 0.2) is 0 Å². The number of thioether (sulfide) groups is 1. The van der Waals surface area contributed by atoms with Gasteiger partial charge in [-0.2, -0.15) is 0 Å². The topological polar surface area (TPSA) is 160 Å². The van der Waals surface area contributed by atoms with E-state index < -0.39 is 22.7 Å². The van der Waals surface area contributed by atoms with Crippen LogP contribution in [0.5, 0.6) is 0 Å². The number of thiophene rings is 1. The number of carbonyl (C=O) groups is 4. The first-order chi connectivity index (χ1) is 26.2. The van der Waals surface area contributed by atoms with Crippen molar-refractivity contribution in [3.8, 4) is 0 Å². The molecule has 0 atom stereocenters. The summed E-state index contributed by atoms with van der Waals surface area (Å²) in [6, 6.07) is 31.0.